The molecule has 0 saturated heterocycles. The molecule has 4 rings (SSSR count). The Balaban J connectivity index is 2.08. The molecule has 0 bridgehead atoms. The topological polar surface area (TPSA) is 93.5 Å². The van der Waals surface area contributed by atoms with E-state index in [2.05, 4.69) is 15.3 Å². The van der Waals surface area contributed by atoms with Gasteiger partial charge in [0, 0.05) is 5.02 Å². The molecule has 0 aliphatic rings. The molecule has 3 aromatic heterocycles. The van der Waals surface area contributed by atoms with Crippen molar-refractivity contribution >= 4 is 38.9 Å². The highest BCUT2D eigenvalue weighted by molar-refractivity contribution is 7.19. The summed E-state index contributed by atoms with van der Waals surface area (Å²) < 4.78 is 6.62. The normalized spacial score (nSPS) is 11.5. The van der Waals surface area contributed by atoms with Gasteiger partial charge < -0.3 is 9.52 Å². The summed E-state index contributed by atoms with van der Waals surface area (Å²) in [7, 11) is 0. The Morgan fingerprint density at radius 3 is 3.05 bits per heavy atom. The summed E-state index contributed by atoms with van der Waals surface area (Å²) in [5.41, 5.74) is -0.429. The van der Waals surface area contributed by atoms with Crippen LogP contribution >= 0.6 is 22.9 Å². The lowest BCUT2D eigenvalue weighted by molar-refractivity contribution is 0.471. The van der Waals surface area contributed by atoms with Gasteiger partial charge in [-0.15, -0.1) is 10.2 Å². The molecule has 0 atom stereocenters. The predicted molar refractivity (Wildman–Crippen MR) is 76.8 cm³/mol. The second kappa shape index (κ2) is 4.27. The molecular formula is C12H5ClN4O3S. The number of halogens is 1. The van der Waals surface area contributed by atoms with Gasteiger partial charge in [-0.05, 0) is 18.2 Å². The fourth-order valence-electron chi connectivity index (χ4n) is 2.01. The van der Waals surface area contributed by atoms with Gasteiger partial charge >= 0.3 is 5.63 Å². The maximum absolute atomic E-state index is 12.1. The molecule has 104 valence electrons. The van der Waals surface area contributed by atoms with Crippen LogP contribution in [0.5, 0.6) is 5.75 Å². The maximum atomic E-state index is 12.1. The van der Waals surface area contributed by atoms with Crippen LogP contribution in [0, 0.1) is 0 Å². The van der Waals surface area contributed by atoms with Crippen LogP contribution in [-0.4, -0.2) is 24.9 Å². The molecule has 0 aliphatic heterocycles. The van der Waals surface area contributed by atoms with Crippen molar-refractivity contribution in [1.29, 1.82) is 0 Å². The van der Waals surface area contributed by atoms with E-state index in [0.29, 0.717) is 20.4 Å². The van der Waals surface area contributed by atoms with Gasteiger partial charge in [0.05, 0.1) is 5.39 Å². The van der Waals surface area contributed by atoms with E-state index in [9.17, 15) is 9.90 Å². The molecule has 0 unspecified atom stereocenters. The van der Waals surface area contributed by atoms with Crippen molar-refractivity contribution in [2.75, 3.05) is 0 Å². The van der Waals surface area contributed by atoms with Crippen LogP contribution in [0.15, 0.2) is 33.7 Å². The first-order valence-corrected chi connectivity index (χ1v) is 6.95. The minimum atomic E-state index is -0.674. The van der Waals surface area contributed by atoms with Crippen molar-refractivity contribution in [3.8, 4) is 16.3 Å². The first-order chi connectivity index (χ1) is 10.1. The average Bonchev–Trinajstić information content (AvgIpc) is 3.01. The molecule has 9 heteroatoms. The van der Waals surface area contributed by atoms with Gasteiger partial charge in [-0.1, -0.05) is 22.9 Å². The zero-order valence-corrected chi connectivity index (χ0v) is 11.7. The lowest BCUT2D eigenvalue weighted by Crippen LogP contribution is -2.03. The first kappa shape index (κ1) is 12.3. The largest absolute Gasteiger partial charge is 0.506 e. The quantitative estimate of drug-likeness (QED) is 0.541. The summed E-state index contributed by atoms with van der Waals surface area (Å²) in [6.07, 6.45) is 1.41. The summed E-state index contributed by atoms with van der Waals surface area (Å²) in [5.74, 6) is -0.214. The summed E-state index contributed by atoms with van der Waals surface area (Å²) in [6, 6.07) is 4.63. The van der Waals surface area contributed by atoms with Crippen LogP contribution < -0.4 is 5.63 Å². The van der Waals surface area contributed by atoms with Crippen molar-refractivity contribution in [2.24, 2.45) is 0 Å². The number of rotatable bonds is 1. The highest BCUT2D eigenvalue weighted by Crippen LogP contribution is 2.35. The molecule has 1 N–H and O–H groups in total. The van der Waals surface area contributed by atoms with Gasteiger partial charge in [0.25, 0.3) is 0 Å². The van der Waals surface area contributed by atoms with E-state index in [0.717, 1.165) is 11.3 Å². The third-order valence-corrected chi connectivity index (χ3v) is 4.11. The Bertz CT molecular complexity index is 1020. The Morgan fingerprint density at radius 1 is 1.38 bits per heavy atom. The van der Waals surface area contributed by atoms with Crippen molar-refractivity contribution < 1.29 is 9.52 Å². The van der Waals surface area contributed by atoms with E-state index in [4.69, 9.17) is 16.0 Å². The number of aromatic nitrogens is 4. The van der Waals surface area contributed by atoms with Crippen LogP contribution in [0.4, 0.5) is 0 Å². The molecule has 21 heavy (non-hydrogen) atoms. The molecule has 0 spiro atoms. The Hall–Kier alpha value is -2.45. The lowest BCUT2D eigenvalue weighted by Gasteiger charge is -2.03. The maximum Gasteiger partial charge on any atom is 0.350 e. The average molecular weight is 321 g/mol. The summed E-state index contributed by atoms with van der Waals surface area (Å²) in [5, 5.41) is 23.1. The molecule has 7 nitrogen and oxygen atoms in total. The van der Waals surface area contributed by atoms with Crippen molar-refractivity contribution in [1.82, 2.24) is 19.8 Å². The highest BCUT2D eigenvalue weighted by Gasteiger charge is 2.20. The number of fused-ring (bicyclic) bond motifs is 2. The van der Waals surface area contributed by atoms with E-state index in [1.165, 1.54) is 23.0 Å². The molecule has 4 aromatic rings. The summed E-state index contributed by atoms with van der Waals surface area (Å²) in [4.78, 5) is 12.6. The van der Waals surface area contributed by atoms with E-state index < -0.39 is 5.63 Å². The van der Waals surface area contributed by atoms with Gasteiger partial charge in [0.1, 0.15) is 23.2 Å². The smallest absolute Gasteiger partial charge is 0.350 e. The fraction of sp³-hybridized carbons (Fsp3) is 0. The van der Waals surface area contributed by atoms with Gasteiger partial charge in [0.2, 0.25) is 4.96 Å². The molecule has 3 heterocycles. The fourth-order valence-corrected chi connectivity index (χ4v) is 3.03. The van der Waals surface area contributed by atoms with E-state index in [1.807, 2.05) is 0 Å². The molecule has 0 fully saturated rings. The van der Waals surface area contributed by atoms with Gasteiger partial charge in [-0.25, -0.2) is 4.79 Å². The van der Waals surface area contributed by atoms with Gasteiger partial charge in [0.15, 0.2) is 5.01 Å². The van der Waals surface area contributed by atoms with Gasteiger partial charge in [-0.2, -0.15) is 9.61 Å². The number of hydrogen-bond acceptors (Lipinski definition) is 7. The Labute approximate surface area is 125 Å². The van der Waals surface area contributed by atoms with Crippen molar-refractivity contribution in [3.05, 3.63) is 40.0 Å². The van der Waals surface area contributed by atoms with E-state index in [-0.39, 0.29) is 16.9 Å². The van der Waals surface area contributed by atoms with Crippen LogP contribution in [0.2, 0.25) is 5.02 Å². The lowest BCUT2D eigenvalue weighted by atomic mass is 10.1. The number of nitrogens with zero attached hydrogens (tertiary/aromatic N) is 4. The summed E-state index contributed by atoms with van der Waals surface area (Å²) >= 11 is 7.03. The van der Waals surface area contributed by atoms with Crippen molar-refractivity contribution in [3.63, 3.8) is 0 Å². The minimum Gasteiger partial charge on any atom is -0.506 e. The molecule has 0 saturated carbocycles. The van der Waals surface area contributed by atoms with Crippen LogP contribution in [0.25, 0.3) is 26.5 Å². The van der Waals surface area contributed by atoms with Crippen LogP contribution in [-0.2, 0) is 0 Å². The SMILES string of the molecule is O=c1oc2ccc(Cl)cc2c(O)c1-c1nn2cnnc2s1. The summed E-state index contributed by atoms with van der Waals surface area (Å²) in [6.45, 7) is 0. The third kappa shape index (κ3) is 1.80. The minimum absolute atomic E-state index is 0.0136. The zero-order valence-electron chi connectivity index (χ0n) is 10.1. The zero-order chi connectivity index (χ0) is 14.6. The third-order valence-electron chi connectivity index (χ3n) is 2.94. The standard InChI is InChI=1S/C12H5ClN4O3S/c13-5-1-2-7-6(3-5)9(18)8(11(19)20-7)10-16-17-4-14-15-12(17)21-10/h1-4,18H. The number of hydrogen-bond donors (Lipinski definition) is 1. The molecule has 0 radical (unpaired) electrons. The molecule has 0 amide bonds. The Kier molecular flexibility index (Phi) is 2.50. The number of benzene rings is 1. The van der Waals surface area contributed by atoms with E-state index >= 15 is 0 Å². The van der Waals surface area contributed by atoms with Crippen molar-refractivity contribution in [2.45, 2.75) is 0 Å². The second-order valence-electron chi connectivity index (χ2n) is 4.22. The Morgan fingerprint density at radius 2 is 2.24 bits per heavy atom. The highest BCUT2D eigenvalue weighted by atomic mass is 35.5. The second-order valence-corrected chi connectivity index (χ2v) is 5.61. The first-order valence-electron chi connectivity index (χ1n) is 5.76. The van der Waals surface area contributed by atoms with E-state index in [1.54, 1.807) is 6.07 Å². The monoisotopic (exact) mass is 320 g/mol. The van der Waals surface area contributed by atoms with Crippen LogP contribution in [0.3, 0.4) is 0 Å². The molecule has 1 aromatic carbocycles. The molecular weight excluding hydrogens is 316 g/mol. The predicted octanol–water partition coefficient (Wildman–Crippen LogP) is 2.32. The molecule has 0 aliphatic carbocycles. The van der Waals surface area contributed by atoms with Crippen LogP contribution in [0.1, 0.15) is 0 Å². The van der Waals surface area contributed by atoms with Gasteiger partial charge in [-0.3, -0.25) is 0 Å². The number of aromatic hydroxyl groups is 1.